The van der Waals surface area contributed by atoms with E-state index in [1.807, 2.05) is 11.6 Å². The van der Waals surface area contributed by atoms with Gasteiger partial charge in [0.15, 0.2) is 5.11 Å². The first kappa shape index (κ1) is 9.86. The minimum absolute atomic E-state index is 0.634. The van der Waals surface area contributed by atoms with Crippen LogP contribution in [-0.4, -0.2) is 22.7 Å². The molecule has 5 heteroatoms. The van der Waals surface area contributed by atoms with Crippen molar-refractivity contribution < 1.29 is 0 Å². The van der Waals surface area contributed by atoms with Crippen LogP contribution in [0.5, 0.6) is 0 Å². The van der Waals surface area contributed by atoms with Crippen LogP contribution >= 0.6 is 23.6 Å². The molecule has 0 aliphatic heterocycles. The average Bonchev–Trinajstić information content (AvgIpc) is 2.82. The van der Waals surface area contributed by atoms with Gasteiger partial charge in [0.25, 0.3) is 0 Å². The van der Waals surface area contributed by atoms with Gasteiger partial charge in [0.05, 0.1) is 5.01 Å². The Hall–Kier alpha value is -0.680. The highest BCUT2D eigenvalue weighted by Crippen LogP contribution is 2.18. The van der Waals surface area contributed by atoms with Crippen molar-refractivity contribution in [1.82, 2.24) is 15.6 Å². The molecular formula is C9H13N3S2. The van der Waals surface area contributed by atoms with Crippen molar-refractivity contribution in [3.8, 4) is 0 Å². The Morgan fingerprint density at radius 3 is 3.14 bits per heavy atom. The molecule has 1 aliphatic rings. The van der Waals surface area contributed by atoms with E-state index in [0.29, 0.717) is 6.04 Å². The fraction of sp³-hybridized carbons (Fsp3) is 0.556. The van der Waals surface area contributed by atoms with Crippen LogP contribution in [0.15, 0.2) is 11.6 Å². The molecule has 1 aliphatic carbocycles. The normalized spacial score (nSPS) is 15.1. The second-order valence-corrected chi connectivity index (χ2v) is 4.74. The Labute approximate surface area is 92.9 Å². The molecule has 0 spiro atoms. The van der Waals surface area contributed by atoms with Crippen LogP contribution in [-0.2, 0) is 6.42 Å². The highest BCUT2D eigenvalue weighted by atomic mass is 32.1. The lowest BCUT2D eigenvalue weighted by atomic mass is 10.4. The van der Waals surface area contributed by atoms with Crippen LogP contribution in [0.4, 0.5) is 0 Å². The van der Waals surface area contributed by atoms with Gasteiger partial charge in [0.2, 0.25) is 0 Å². The number of rotatable bonds is 4. The number of aromatic nitrogens is 1. The molecule has 76 valence electrons. The van der Waals surface area contributed by atoms with Gasteiger partial charge in [0.1, 0.15) is 0 Å². The molecule has 0 radical (unpaired) electrons. The fourth-order valence-corrected chi connectivity index (χ4v) is 2.01. The molecule has 14 heavy (non-hydrogen) atoms. The lowest BCUT2D eigenvalue weighted by Crippen LogP contribution is -2.37. The predicted octanol–water partition coefficient (Wildman–Crippen LogP) is 1.31. The van der Waals surface area contributed by atoms with Crippen LogP contribution in [0.25, 0.3) is 0 Å². The third-order valence-electron chi connectivity index (χ3n) is 2.02. The van der Waals surface area contributed by atoms with Crippen molar-refractivity contribution in [3.05, 3.63) is 16.6 Å². The SMILES string of the molecule is S=C(NCCc1nccs1)NC1CC1. The van der Waals surface area contributed by atoms with E-state index in [1.54, 1.807) is 11.3 Å². The smallest absolute Gasteiger partial charge is 0.166 e. The third kappa shape index (κ3) is 3.23. The molecule has 0 atom stereocenters. The van der Waals surface area contributed by atoms with Crippen LogP contribution in [0.2, 0.25) is 0 Å². The first-order valence-electron chi connectivity index (χ1n) is 4.77. The largest absolute Gasteiger partial charge is 0.362 e. The van der Waals surface area contributed by atoms with Gasteiger partial charge in [-0.15, -0.1) is 11.3 Å². The molecule has 1 aromatic heterocycles. The number of nitrogens with one attached hydrogen (secondary N) is 2. The van der Waals surface area contributed by atoms with Crippen molar-refractivity contribution in [1.29, 1.82) is 0 Å². The maximum Gasteiger partial charge on any atom is 0.166 e. The Kier molecular flexibility index (Phi) is 3.31. The number of thiazole rings is 1. The zero-order valence-corrected chi connectivity index (χ0v) is 9.46. The molecule has 3 nitrogen and oxygen atoms in total. The van der Waals surface area contributed by atoms with Gasteiger partial charge in [0, 0.05) is 30.6 Å². The Morgan fingerprint density at radius 1 is 1.64 bits per heavy atom. The molecule has 2 N–H and O–H groups in total. The Balaban J connectivity index is 1.60. The molecule has 2 rings (SSSR count). The second kappa shape index (κ2) is 4.70. The highest BCUT2D eigenvalue weighted by molar-refractivity contribution is 7.80. The standard InChI is InChI=1S/C9H13N3S2/c13-9(12-7-1-2-7)11-4-3-8-10-5-6-14-8/h5-7H,1-4H2,(H2,11,12,13). The zero-order valence-electron chi connectivity index (χ0n) is 7.82. The quantitative estimate of drug-likeness (QED) is 0.761. The van der Waals surface area contributed by atoms with E-state index < -0.39 is 0 Å². The summed E-state index contributed by atoms with van der Waals surface area (Å²) in [5.74, 6) is 0. The summed E-state index contributed by atoms with van der Waals surface area (Å²) in [7, 11) is 0. The van der Waals surface area contributed by atoms with Crippen LogP contribution < -0.4 is 10.6 Å². The van der Waals surface area contributed by atoms with Gasteiger partial charge < -0.3 is 10.6 Å². The lowest BCUT2D eigenvalue weighted by Gasteiger charge is -2.07. The van der Waals surface area contributed by atoms with Crippen molar-refractivity contribution >= 4 is 28.7 Å². The van der Waals surface area contributed by atoms with E-state index in [4.69, 9.17) is 12.2 Å². The summed E-state index contributed by atoms with van der Waals surface area (Å²) in [6.45, 7) is 0.867. The molecule has 1 aromatic rings. The molecule has 1 heterocycles. The Morgan fingerprint density at radius 2 is 2.50 bits per heavy atom. The van der Waals surface area contributed by atoms with Crippen LogP contribution in [0.3, 0.4) is 0 Å². The first-order valence-corrected chi connectivity index (χ1v) is 6.06. The minimum Gasteiger partial charge on any atom is -0.362 e. The molecule has 1 fully saturated rings. The summed E-state index contributed by atoms with van der Waals surface area (Å²) >= 11 is 6.81. The van der Waals surface area contributed by atoms with Crippen molar-refractivity contribution in [2.45, 2.75) is 25.3 Å². The number of thiocarbonyl (C=S) groups is 1. The monoisotopic (exact) mass is 227 g/mol. The van der Waals surface area contributed by atoms with E-state index in [2.05, 4.69) is 15.6 Å². The second-order valence-electron chi connectivity index (χ2n) is 3.35. The van der Waals surface area contributed by atoms with E-state index in [9.17, 15) is 0 Å². The van der Waals surface area contributed by atoms with Crippen LogP contribution in [0.1, 0.15) is 17.8 Å². The molecule has 0 bridgehead atoms. The molecule has 0 unspecified atom stereocenters. The molecule has 1 saturated carbocycles. The summed E-state index contributed by atoms with van der Waals surface area (Å²) in [6.07, 6.45) is 5.30. The van der Waals surface area contributed by atoms with Gasteiger partial charge >= 0.3 is 0 Å². The van der Waals surface area contributed by atoms with Crippen molar-refractivity contribution in [3.63, 3.8) is 0 Å². The Bertz CT molecular complexity index is 293. The number of hydrogen-bond acceptors (Lipinski definition) is 3. The topological polar surface area (TPSA) is 37.0 Å². The van der Waals surface area contributed by atoms with Gasteiger partial charge in [-0.1, -0.05) is 0 Å². The summed E-state index contributed by atoms with van der Waals surface area (Å²) in [5, 5.41) is 10.4. The van der Waals surface area contributed by atoms with Crippen molar-refractivity contribution in [2.24, 2.45) is 0 Å². The van der Waals surface area contributed by atoms with E-state index >= 15 is 0 Å². The highest BCUT2D eigenvalue weighted by Gasteiger charge is 2.21. The van der Waals surface area contributed by atoms with E-state index in [0.717, 1.165) is 23.1 Å². The van der Waals surface area contributed by atoms with E-state index in [1.165, 1.54) is 12.8 Å². The van der Waals surface area contributed by atoms with Gasteiger partial charge in [-0.2, -0.15) is 0 Å². The van der Waals surface area contributed by atoms with Gasteiger partial charge in [-0.3, -0.25) is 0 Å². The third-order valence-corrected chi connectivity index (χ3v) is 3.12. The first-order chi connectivity index (χ1) is 6.84. The molecule has 0 amide bonds. The molecule has 0 saturated heterocycles. The summed E-state index contributed by atoms with van der Waals surface area (Å²) in [4.78, 5) is 4.20. The summed E-state index contributed by atoms with van der Waals surface area (Å²) in [5.41, 5.74) is 0. The average molecular weight is 227 g/mol. The molecular weight excluding hydrogens is 214 g/mol. The van der Waals surface area contributed by atoms with E-state index in [-0.39, 0.29) is 0 Å². The van der Waals surface area contributed by atoms with Crippen molar-refractivity contribution in [2.75, 3.05) is 6.54 Å². The fourth-order valence-electron chi connectivity index (χ4n) is 1.12. The summed E-state index contributed by atoms with van der Waals surface area (Å²) < 4.78 is 0. The predicted molar refractivity (Wildman–Crippen MR) is 62.6 cm³/mol. The maximum atomic E-state index is 5.13. The summed E-state index contributed by atoms with van der Waals surface area (Å²) in [6, 6.07) is 0.634. The maximum absolute atomic E-state index is 5.13. The van der Waals surface area contributed by atoms with Crippen LogP contribution in [0, 0.1) is 0 Å². The minimum atomic E-state index is 0.634. The van der Waals surface area contributed by atoms with Gasteiger partial charge in [-0.05, 0) is 25.1 Å². The number of nitrogens with zero attached hydrogens (tertiary/aromatic N) is 1. The number of hydrogen-bond donors (Lipinski definition) is 2. The van der Waals surface area contributed by atoms with Gasteiger partial charge in [-0.25, -0.2) is 4.98 Å². The molecule has 0 aromatic carbocycles. The lowest BCUT2D eigenvalue weighted by molar-refractivity contribution is 0.809. The zero-order chi connectivity index (χ0) is 9.80.